The summed E-state index contributed by atoms with van der Waals surface area (Å²) in [5.74, 6) is -1.18. The van der Waals surface area contributed by atoms with E-state index in [9.17, 15) is 9.90 Å². The minimum atomic E-state index is -0.906. The van der Waals surface area contributed by atoms with E-state index in [1.807, 2.05) is 0 Å². The van der Waals surface area contributed by atoms with Crippen LogP contribution in [0.1, 0.15) is 65.2 Å². The van der Waals surface area contributed by atoms with Crippen molar-refractivity contribution in [2.24, 2.45) is 5.92 Å². The molecule has 0 spiro atoms. The van der Waals surface area contributed by atoms with Crippen LogP contribution in [0.4, 0.5) is 0 Å². The minimum absolute atomic E-state index is 0. The summed E-state index contributed by atoms with van der Waals surface area (Å²) in [6, 6.07) is 0. The molecular formula is C12H23AgO2. The van der Waals surface area contributed by atoms with Crippen molar-refractivity contribution in [3.63, 3.8) is 0 Å². The Kier molecular flexibility index (Phi) is 14.4. The van der Waals surface area contributed by atoms with Crippen molar-refractivity contribution in [1.82, 2.24) is 0 Å². The number of aliphatic carboxylic acids is 1. The van der Waals surface area contributed by atoms with Gasteiger partial charge in [-0.15, -0.1) is 0 Å². The van der Waals surface area contributed by atoms with E-state index in [0.29, 0.717) is 0 Å². The Hall–Kier alpha value is 0.210. The Morgan fingerprint density at radius 3 is 2.00 bits per heavy atom. The molecule has 1 unspecified atom stereocenters. The molecule has 3 heteroatoms. The van der Waals surface area contributed by atoms with Crippen LogP contribution in [0.25, 0.3) is 0 Å². The molecule has 0 aliphatic carbocycles. The summed E-state index contributed by atoms with van der Waals surface area (Å²) in [6.07, 6.45) is 9.45. The Bertz CT molecular complexity index is 149. The van der Waals surface area contributed by atoms with Gasteiger partial charge in [0.05, 0.1) is 0 Å². The monoisotopic (exact) mass is 306 g/mol. The van der Waals surface area contributed by atoms with Gasteiger partial charge in [-0.1, -0.05) is 58.8 Å². The third kappa shape index (κ3) is 12.1. The standard InChI is InChI=1S/C12H24O2.Ag/c1-3-4-5-6-7-8-9-10-11(2)12(13)14;/h11H,3-10H2,1-2H3,(H,13,14);/q;+1/p-1. The summed E-state index contributed by atoms with van der Waals surface area (Å²) in [7, 11) is 0. The van der Waals surface area contributed by atoms with Gasteiger partial charge in [-0.25, -0.2) is 0 Å². The van der Waals surface area contributed by atoms with E-state index in [0.717, 1.165) is 12.8 Å². The first kappa shape index (κ1) is 17.6. The molecule has 0 heterocycles. The van der Waals surface area contributed by atoms with Crippen molar-refractivity contribution < 1.29 is 32.3 Å². The Morgan fingerprint density at radius 2 is 1.53 bits per heavy atom. The first-order valence-electron chi connectivity index (χ1n) is 5.89. The maximum atomic E-state index is 10.4. The van der Waals surface area contributed by atoms with Gasteiger partial charge >= 0.3 is 22.4 Å². The average Bonchev–Trinajstić information content (AvgIpc) is 2.16. The molecule has 0 fully saturated rings. The van der Waals surface area contributed by atoms with Crippen LogP contribution in [0, 0.1) is 5.92 Å². The van der Waals surface area contributed by atoms with Crippen molar-refractivity contribution in [3.05, 3.63) is 0 Å². The van der Waals surface area contributed by atoms with Crippen LogP contribution < -0.4 is 5.11 Å². The van der Waals surface area contributed by atoms with Crippen LogP contribution in [-0.2, 0) is 27.2 Å². The number of carbonyl (C=O) groups is 1. The van der Waals surface area contributed by atoms with E-state index < -0.39 is 5.97 Å². The van der Waals surface area contributed by atoms with Gasteiger partial charge in [0, 0.05) is 5.97 Å². The third-order valence-electron chi connectivity index (χ3n) is 2.64. The van der Waals surface area contributed by atoms with E-state index in [2.05, 4.69) is 6.92 Å². The van der Waals surface area contributed by atoms with Crippen LogP contribution in [0.3, 0.4) is 0 Å². The maximum absolute atomic E-state index is 10.4. The molecule has 0 aromatic carbocycles. The number of hydrogen-bond donors (Lipinski definition) is 0. The van der Waals surface area contributed by atoms with Gasteiger partial charge in [0.2, 0.25) is 0 Å². The van der Waals surface area contributed by atoms with Crippen molar-refractivity contribution in [3.8, 4) is 0 Å². The third-order valence-corrected chi connectivity index (χ3v) is 2.64. The molecule has 2 nitrogen and oxygen atoms in total. The molecule has 0 saturated heterocycles. The maximum Gasteiger partial charge on any atom is 1.00 e. The Morgan fingerprint density at radius 1 is 1.07 bits per heavy atom. The molecule has 0 bridgehead atoms. The average molecular weight is 307 g/mol. The van der Waals surface area contributed by atoms with Crippen LogP contribution in [-0.4, -0.2) is 5.97 Å². The molecule has 0 amide bonds. The van der Waals surface area contributed by atoms with Gasteiger partial charge < -0.3 is 9.90 Å². The zero-order valence-corrected chi connectivity index (χ0v) is 11.3. The fraction of sp³-hybridized carbons (Fsp3) is 0.917. The van der Waals surface area contributed by atoms with Gasteiger partial charge in [0.1, 0.15) is 0 Å². The summed E-state index contributed by atoms with van der Waals surface area (Å²) in [4.78, 5) is 10.4. The summed E-state index contributed by atoms with van der Waals surface area (Å²) in [6.45, 7) is 3.94. The molecule has 1 atom stereocenters. The number of carboxylic acid groups (broad SMARTS) is 1. The molecule has 0 aromatic heterocycles. The second kappa shape index (κ2) is 12.3. The molecule has 0 radical (unpaired) electrons. The van der Waals surface area contributed by atoms with Gasteiger partial charge in [-0.3, -0.25) is 0 Å². The van der Waals surface area contributed by atoms with E-state index in [1.54, 1.807) is 6.92 Å². The van der Waals surface area contributed by atoms with E-state index in [1.165, 1.54) is 38.5 Å². The summed E-state index contributed by atoms with van der Waals surface area (Å²) >= 11 is 0. The normalized spacial score (nSPS) is 11.9. The number of carbonyl (C=O) groups excluding carboxylic acids is 1. The van der Waals surface area contributed by atoms with E-state index in [-0.39, 0.29) is 28.3 Å². The molecule has 0 rings (SSSR count). The first-order valence-corrected chi connectivity index (χ1v) is 5.89. The molecular weight excluding hydrogens is 284 g/mol. The molecule has 0 aliphatic rings. The van der Waals surface area contributed by atoms with Crippen molar-refractivity contribution in [2.45, 2.75) is 65.2 Å². The van der Waals surface area contributed by atoms with Gasteiger partial charge in [-0.05, 0) is 12.3 Å². The molecule has 0 aliphatic heterocycles. The summed E-state index contributed by atoms with van der Waals surface area (Å²) in [5.41, 5.74) is 0. The fourth-order valence-electron chi connectivity index (χ4n) is 1.53. The van der Waals surface area contributed by atoms with E-state index in [4.69, 9.17) is 0 Å². The Balaban J connectivity index is 0. The molecule has 0 aromatic rings. The number of unbranched alkanes of at least 4 members (excludes halogenated alkanes) is 6. The smallest absolute Gasteiger partial charge is 0.550 e. The largest absolute Gasteiger partial charge is 1.00 e. The molecule has 94 valence electrons. The quantitative estimate of drug-likeness (QED) is 0.485. The summed E-state index contributed by atoms with van der Waals surface area (Å²) in [5, 5.41) is 10.4. The zero-order valence-electron chi connectivity index (χ0n) is 9.85. The van der Waals surface area contributed by atoms with E-state index >= 15 is 0 Å². The van der Waals surface area contributed by atoms with Crippen molar-refractivity contribution >= 4 is 5.97 Å². The minimum Gasteiger partial charge on any atom is -0.550 e. The van der Waals surface area contributed by atoms with Crippen LogP contribution in [0.15, 0.2) is 0 Å². The second-order valence-electron chi connectivity index (χ2n) is 4.13. The van der Waals surface area contributed by atoms with Crippen LogP contribution in [0.2, 0.25) is 0 Å². The van der Waals surface area contributed by atoms with Gasteiger partial charge in [-0.2, -0.15) is 0 Å². The summed E-state index contributed by atoms with van der Waals surface area (Å²) < 4.78 is 0. The molecule has 0 N–H and O–H groups in total. The Labute approximate surface area is 109 Å². The zero-order chi connectivity index (χ0) is 10.8. The van der Waals surface area contributed by atoms with Crippen molar-refractivity contribution in [1.29, 1.82) is 0 Å². The topological polar surface area (TPSA) is 40.1 Å². The van der Waals surface area contributed by atoms with Crippen LogP contribution in [0.5, 0.6) is 0 Å². The van der Waals surface area contributed by atoms with Gasteiger partial charge in [0.15, 0.2) is 0 Å². The number of hydrogen-bond acceptors (Lipinski definition) is 2. The predicted octanol–water partition coefficient (Wildman–Crippen LogP) is 2.51. The van der Waals surface area contributed by atoms with Gasteiger partial charge in [0.25, 0.3) is 0 Å². The number of carboxylic acids is 1. The first-order chi connectivity index (χ1) is 6.68. The van der Waals surface area contributed by atoms with Crippen LogP contribution >= 0.6 is 0 Å². The molecule has 15 heavy (non-hydrogen) atoms. The van der Waals surface area contributed by atoms with Crippen molar-refractivity contribution in [2.75, 3.05) is 0 Å². The fourth-order valence-corrected chi connectivity index (χ4v) is 1.53. The predicted molar refractivity (Wildman–Crippen MR) is 56.8 cm³/mol. The second-order valence-corrected chi connectivity index (χ2v) is 4.13. The number of rotatable bonds is 9. The SMILES string of the molecule is CCCCCCCCCC(C)C(=O)[O-].[Ag+]. The molecule has 0 saturated carbocycles.